The first-order valence-electron chi connectivity index (χ1n) is 4.37. The maximum Gasteiger partial charge on any atom is 0.329 e. The molecule has 0 unspecified atom stereocenters. The summed E-state index contributed by atoms with van der Waals surface area (Å²) in [6.45, 7) is 3.48. The van der Waals surface area contributed by atoms with Crippen molar-refractivity contribution in [2.24, 2.45) is 0 Å². The molecule has 5 nitrogen and oxygen atoms in total. The number of carbonyl (C=O) groups excluding carboxylic acids is 2. The summed E-state index contributed by atoms with van der Waals surface area (Å²) in [4.78, 5) is 34.0. The van der Waals surface area contributed by atoms with Crippen molar-refractivity contribution in [3.8, 4) is 0 Å². The van der Waals surface area contributed by atoms with Gasteiger partial charge in [0.15, 0.2) is 0 Å². The zero-order valence-corrected chi connectivity index (χ0v) is 8.48. The Morgan fingerprint density at radius 2 is 2.00 bits per heavy atom. The predicted molar refractivity (Wildman–Crippen MR) is 51.6 cm³/mol. The quantitative estimate of drug-likeness (QED) is 0.536. The van der Waals surface area contributed by atoms with E-state index in [1.807, 2.05) is 0 Å². The Kier molecular flexibility index (Phi) is 3.04. The predicted octanol–water partition coefficient (Wildman–Crippen LogP) is 0.680. The Morgan fingerprint density at radius 1 is 1.40 bits per heavy atom. The number of nitrogens with zero attached hydrogens (tertiary/aromatic N) is 1. The van der Waals surface area contributed by atoms with Crippen molar-refractivity contribution in [2.75, 3.05) is 0 Å². The average Bonchev–Trinajstić information content (AvgIpc) is 2.39. The number of hydrogen-bond donors (Lipinski definition) is 1. The van der Waals surface area contributed by atoms with E-state index in [1.165, 1.54) is 0 Å². The SMILES string of the molecule is CC(C)=C1CC(=O)N(C=CC(=O)O)C1=O. The summed E-state index contributed by atoms with van der Waals surface area (Å²) >= 11 is 0. The lowest BCUT2D eigenvalue weighted by Crippen LogP contribution is -2.23. The van der Waals surface area contributed by atoms with Gasteiger partial charge < -0.3 is 5.11 Å². The highest BCUT2D eigenvalue weighted by molar-refractivity contribution is 6.14. The Morgan fingerprint density at radius 3 is 2.40 bits per heavy atom. The monoisotopic (exact) mass is 209 g/mol. The first-order valence-corrected chi connectivity index (χ1v) is 4.37. The van der Waals surface area contributed by atoms with E-state index in [-0.39, 0.29) is 6.42 Å². The molecular weight excluding hydrogens is 198 g/mol. The number of rotatable bonds is 2. The molecule has 1 aliphatic rings. The van der Waals surface area contributed by atoms with Crippen LogP contribution < -0.4 is 0 Å². The van der Waals surface area contributed by atoms with Gasteiger partial charge in [-0.05, 0) is 13.8 Å². The largest absolute Gasteiger partial charge is 0.478 e. The van der Waals surface area contributed by atoms with Gasteiger partial charge in [0, 0.05) is 17.8 Å². The summed E-state index contributed by atoms with van der Waals surface area (Å²) < 4.78 is 0. The van der Waals surface area contributed by atoms with Crippen LogP contribution >= 0.6 is 0 Å². The molecule has 1 N–H and O–H groups in total. The fourth-order valence-electron chi connectivity index (χ4n) is 1.25. The van der Waals surface area contributed by atoms with Crippen molar-refractivity contribution in [3.05, 3.63) is 23.4 Å². The molecule has 1 heterocycles. The highest BCUT2D eigenvalue weighted by atomic mass is 16.4. The smallest absolute Gasteiger partial charge is 0.329 e. The molecule has 80 valence electrons. The molecule has 1 aliphatic heterocycles. The van der Waals surface area contributed by atoms with Gasteiger partial charge in [-0.15, -0.1) is 0 Å². The van der Waals surface area contributed by atoms with Crippen LogP contribution in [0.4, 0.5) is 0 Å². The number of hydrogen-bond acceptors (Lipinski definition) is 3. The van der Waals surface area contributed by atoms with Gasteiger partial charge in [0.1, 0.15) is 0 Å². The molecule has 1 saturated heterocycles. The molecule has 0 aliphatic carbocycles. The lowest BCUT2D eigenvalue weighted by Gasteiger charge is -2.05. The Labute approximate surface area is 86.7 Å². The van der Waals surface area contributed by atoms with Gasteiger partial charge in [-0.2, -0.15) is 0 Å². The maximum absolute atomic E-state index is 11.6. The minimum atomic E-state index is -1.19. The zero-order valence-electron chi connectivity index (χ0n) is 8.48. The van der Waals surface area contributed by atoms with E-state index in [4.69, 9.17) is 5.11 Å². The van der Waals surface area contributed by atoms with Gasteiger partial charge >= 0.3 is 5.97 Å². The van der Waals surface area contributed by atoms with Gasteiger partial charge in [0.25, 0.3) is 5.91 Å². The number of carboxylic acids is 1. The summed E-state index contributed by atoms with van der Waals surface area (Å²) in [6.07, 6.45) is 1.80. The third-order valence-electron chi connectivity index (χ3n) is 2.04. The van der Waals surface area contributed by atoms with E-state index >= 15 is 0 Å². The number of aliphatic carboxylic acids is 1. The molecule has 0 aromatic heterocycles. The van der Waals surface area contributed by atoms with Crippen LogP contribution in [0.3, 0.4) is 0 Å². The number of allylic oxidation sites excluding steroid dienone is 1. The molecular formula is C10H11NO4. The van der Waals surface area contributed by atoms with Gasteiger partial charge in [0.05, 0.1) is 6.42 Å². The fourth-order valence-corrected chi connectivity index (χ4v) is 1.25. The number of carbonyl (C=O) groups is 3. The molecule has 5 heteroatoms. The first-order chi connectivity index (χ1) is 6.93. The Bertz CT molecular complexity index is 388. The first kappa shape index (κ1) is 11.2. The third-order valence-corrected chi connectivity index (χ3v) is 2.04. The topological polar surface area (TPSA) is 74.7 Å². The van der Waals surface area contributed by atoms with E-state index in [2.05, 4.69) is 0 Å². The lowest BCUT2D eigenvalue weighted by molar-refractivity contribution is -0.134. The van der Waals surface area contributed by atoms with Crippen molar-refractivity contribution >= 4 is 17.8 Å². The van der Waals surface area contributed by atoms with E-state index in [0.29, 0.717) is 5.57 Å². The minimum absolute atomic E-state index is 0.0468. The molecule has 0 saturated carbocycles. The summed E-state index contributed by atoms with van der Waals surface area (Å²) in [5, 5.41) is 8.37. The molecule has 15 heavy (non-hydrogen) atoms. The molecule has 0 radical (unpaired) electrons. The van der Waals surface area contributed by atoms with E-state index in [0.717, 1.165) is 22.7 Å². The van der Waals surface area contributed by atoms with Crippen LogP contribution in [0.5, 0.6) is 0 Å². The van der Waals surface area contributed by atoms with Gasteiger partial charge in [-0.25, -0.2) is 4.79 Å². The summed E-state index contributed by atoms with van der Waals surface area (Å²) in [5.74, 6) is -2.02. The second kappa shape index (κ2) is 4.08. The number of imide groups is 1. The van der Waals surface area contributed by atoms with Crippen LogP contribution in [0.1, 0.15) is 20.3 Å². The Balaban J connectivity index is 2.95. The van der Waals surface area contributed by atoms with Crippen molar-refractivity contribution in [2.45, 2.75) is 20.3 Å². The lowest BCUT2D eigenvalue weighted by atomic mass is 10.1. The zero-order chi connectivity index (χ0) is 11.6. The maximum atomic E-state index is 11.6. The second-order valence-electron chi connectivity index (χ2n) is 3.38. The van der Waals surface area contributed by atoms with Gasteiger partial charge in [-0.3, -0.25) is 14.5 Å². The van der Waals surface area contributed by atoms with Crippen LogP contribution in [0.2, 0.25) is 0 Å². The number of carboxylic acid groups (broad SMARTS) is 1. The summed E-state index contributed by atoms with van der Waals surface area (Å²) in [5.41, 5.74) is 1.22. The van der Waals surface area contributed by atoms with Crippen LogP contribution in [-0.2, 0) is 14.4 Å². The van der Waals surface area contributed by atoms with Gasteiger partial charge in [0.2, 0.25) is 5.91 Å². The Hall–Kier alpha value is -1.91. The summed E-state index contributed by atoms with van der Waals surface area (Å²) in [6, 6.07) is 0. The second-order valence-corrected chi connectivity index (χ2v) is 3.38. The fraction of sp³-hybridized carbons (Fsp3) is 0.300. The van der Waals surface area contributed by atoms with E-state index in [9.17, 15) is 14.4 Å². The molecule has 1 rings (SSSR count). The van der Waals surface area contributed by atoms with Gasteiger partial charge in [-0.1, -0.05) is 5.57 Å². The molecule has 0 bridgehead atoms. The van der Waals surface area contributed by atoms with Crippen molar-refractivity contribution in [1.29, 1.82) is 0 Å². The minimum Gasteiger partial charge on any atom is -0.478 e. The molecule has 0 aromatic carbocycles. The average molecular weight is 209 g/mol. The van der Waals surface area contributed by atoms with Crippen molar-refractivity contribution in [1.82, 2.24) is 4.90 Å². The van der Waals surface area contributed by atoms with Crippen LogP contribution in [-0.4, -0.2) is 27.8 Å². The number of likely N-dealkylation sites (tertiary alicyclic amines) is 1. The van der Waals surface area contributed by atoms with Crippen molar-refractivity contribution < 1.29 is 19.5 Å². The van der Waals surface area contributed by atoms with E-state index < -0.39 is 17.8 Å². The standard InChI is InChI=1S/C10H11NO4/c1-6(2)7-5-8(12)11(10(7)15)4-3-9(13)14/h3-4H,5H2,1-2H3,(H,13,14). The van der Waals surface area contributed by atoms with Crippen LogP contribution in [0, 0.1) is 0 Å². The number of amides is 2. The normalized spacial score (nSPS) is 16.7. The molecule has 2 amide bonds. The highest BCUT2D eigenvalue weighted by Crippen LogP contribution is 2.21. The molecule has 0 spiro atoms. The molecule has 0 aromatic rings. The van der Waals surface area contributed by atoms with E-state index in [1.54, 1.807) is 13.8 Å². The molecule has 0 atom stereocenters. The van der Waals surface area contributed by atoms with Crippen LogP contribution in [0.15, 0.2) is 23.4 Å². The molecule has 1 fully saturated rings. The van der Waals surface area contributed by atoms with Crippen molar-refractivity contribution in [3.63, 3.8) is 0 Å². The third kappa shape index (κ3) is 2.31. The van der Waals surface area contributed by atoms with Crippen LogP contribution in [0.25, 0.3) is 0 Å². The highest BCUT2D eigenvalue weighted by Gasteiger charge is 2.32. The summed E-state index contributed by atoms with van der Waals surface area (Å²) in [7, 11) is 0.